The van der Waals surface area contributed by atoms with Crippen molar-refractivity contribution in [1.29, 1.82) is 0 Å². The fourth-order valence-corrected chi connectivity index (χ4v) is 16.1. The maximum atomic E-state index is 13.7. The van der Waals surface area contributed by atoms with Crippen molar-refractivity contribution in [2.24, 2.45) is 0 Å². The van der Waals surface area contributed by atoms with E-state index >= 15 is 0 Å². The second-order valence-electron chi connectivity index (χ2n) is 28.2. The van der Waals surface area contributed by atoms with Crippen LogP contribution < -0.4 is 19.4 Å². The lowest BCUT2D eigenvalue weighted by molar-refractivity contribution is -0.275. The van der Waals surface area contributed by atoms with E-state index < -0.39 is 24.1 Å². The maximum absolute atomic E-state index is 13.7. The Hall–Kier alpha value is -7.94. The first kappa shape index (κ1) is 68.2. The summed E-state index contributed by atoms with van der Waals surface area (Å²) in [5, 5.41) is 0. The Morgan fingerprint density at radius 3 is 1.12 bits per heavy atom. The minimum atomic E-state index is -4.76. The first-order valence-electron chi connectivity index (χ1n) is 35.4. The number of likely N-dealkylation sites (N-methyl/N-ethyl adjacent to an activating group) is 3. The molecule has 6 aliphatic heterocycles. The molecule has 526 valence electrons. The second-order valence-corrected chi connectivity index (χ2v) is 28.2. The van der Waals surface area contributed by atoms with Crippen LogP contribution in [-0.2, 0) is 6.18 Å². The van der Waals surface area contributed by atoms with Crippen LogP contribution in [0.3, 0.4) is 0 Å². The molecule has 1 saturated carbocycles. The van der Waals surface area contributed by atoms with Crippen molar-refractivity contribution < 1.29 is 31.1 Å². The molecule has 9 aromatic heterocycles. The predicted octanol–water partition coefficient (Wildman–Crippen LogP) is 12.9. The van der Waals surface area contributed by atoms with Crippen LogP contribution in [0.25, 0.3) is 16.9 Å². The average Bonchev–Trinajstić information content (AvgIpc) is 1.72. The minimum Gasteiger partial charge on any atom is -0.404 e. The first-order chi connectivity index (χ1) is 47.8. The number of nitrogens with zero attached hydrogens (tertiary/aromatic N) is 18. The molecular formula is C74H92F6N18O. The number of fused-ring (bicyclic) bond motifs is 3. The van der Waals surface area contributed by atoms with E-state index in [-0.39, 0.29) is 29.6 Å². The number of alkyl halides is 6. The summed E-state index contributed by atoms with van der Waals surface area (Å²) in [6, 6.07) is 28.5. The van der Waals surface area contributed by atoms with Crippen molar-refractivity contribution in [2.75, 3.05) is 136 Å². The molecule has 0 bridgehead atoms. The minimum absolute atomic E-state index is 0.0280. The summed E-state index contributed by atoms with van der Waals surface area (Å²) in [7, 11) is 12.6. The Bertz CT molecular complexity index is 4200. The Morgan fingerprint density at radius 2 is 0.727 bits per heavy atom. The Morgan fingerprint density at radius 1 is 0.374 bits per heavy atom. The summed E-state index contributed by atoms with van der Waals surface area (Å²) in [6.07, 6.45) is 13.2. The third-order valence-electron chi connectivity index (χ3n) is 21.8. The van der Waals surface area contributed by atoms with Crippen LogP contribution in [0, 0.1) is 0 Å². The number of ether oxygens (including phenoxy) is 1. The van der Waals surface area contributed by atoms with Gasteiger partial charge < -0.3 is 34.1 Å². The lowest BCUT2D eigenvalue weighted by Crippen LogP contribution is -2.45. The molecule has 16 rings (SSSR count). The molecule has 15 heterocycles. The van der Waals surface area contributed by atoms with Gasteiger partial charge in [0.15, 0.2) is 5.75 Å². The molecule has 19 nitrogen and oxygen atoms in total. The van der Waals surface area contributed by atoms with E-state index in [9.17, 15) is 26.3 Å². The van der Waals surface area contributed by atoms with Gasteiger partial charge in [-0.3, -0.25) is 42.9 Å². The van der Waals surface area contributed by atoms with Gasteiger partial charge in [-0.2, -0.15) is 13.2 Å². The molecule has 6 unspecified atom stereocenters. The number of pyridine rings is 6. The maximum Gasteiger partial charge on any atom is 0.573 e. The number of anilines is 3. The van der Waals surface area contributed by atoms with Crippen molar-refractivity contribution in [2.45, 2.75) is 125 Å². The monoisotopic (exact) mass is 1360 g/mol. The Kier molecular flexibility index (Phi) is 20.0. The van der Waals surface area contributed by atoms with Gasteiger partial charge in [-0.25, -0.2) is 15.0 Å². The highest BCUT2D eigenvalue weighted by Crippen LogP contribution is 2.49. The molecule has 6 atom stereocenters. The highest BCUT2D eigenvalue weighted by molar-refractivity contribution is 5.56. The zero-order valence-corrected chi connectivity index (χ0v) is 57.7. The molecule has 6 saturated heterocycles. The van der Waals surface area contributed by atoms with Gasteiger partial charge in [0.05, 0.1) is 76.0 Å². The van der Waals surface area contributed by atoms with Crippen LogP contribution in [0.2, 0.25) is 0 Å². The van der Waals surface area contributed by atoms with Crippen molar-refractivity contribution in [1.82, 2.24) is 72.5 Å². The number of hydrogen-bond donors (Lipinski definition) is 0. The molecule has 1 aliphatic carbocycles. The van der Waals surface area contributed by atoms with Gasteiger partial charge >= 0.3 is 12.5 Å². The predicted molar refractivity (Wildman–Crippen MR) is 372 cm³/mol. The van der Waals surface area contributed by atoms with Crippen LogP contribution in [0.4, 0.5) is 43.8 Å². The number of halogens is 6. The third kappa shape index (κ3) is 14.8. The topological polar surface area (TPSA) is 129 Å². The van der Waals surface area contributed by atoms with Crippen molar-refractivity contribution in [3.63, 3.8) is 0 Å². The van der Waals surface area contributed by atoms with E-state index in [2.05, 4.69) is 156 Å². The molecule has 7 fully saturated rings. The van der Waals surface area contributed by atoms with Crippen LogP contribution in [0.15, 0.2) is 128 Å². The molecule has 25 heteroatoms. The molecule has 0 spiro atoms. The lowest BCUT2D eigenvalue weighted by Gasteiger charge is -2.39. The number of aromatic nitrogens is 9. The summed E-state index contributed by atoms with van der Waals surface area (Å²) < 4.78 is 90.8. The van der Waals surface area contributed by atoms with Crippen molar-refractivity contribution >= 4 is 34.4 Å². The molecule has 9 aromatic rings. The highest BCUT2D eigenvalue weighted by Gasteiger charge is 2.42. The summed E-state index contributed by atoms with van der Waals surface area (Å²) in [5.74, 6) is 3.99. The Balaban J connectivity index is 0.000000127. The molecule has 0 radical (unpaired) electrons. The normalized spacial score (nSPS) is 23.9. The Labute approximate surface area is 575 Å². The van der Waals surface area contributed by atoms with Crippen LogP contribution in [-0.4, -0.2) is 200 Å². The largest absolute Gasteiger partial charge is 0.573 e. The van der Waals surface area contributed by atoms with E-state index in [4.69, 9.17) is 19.9 Å². The van der Waals surface area contributed by atoms with Gasteiger partial charge in [0.1, 0.15) is 34.4 Å². The van der Waals surface area contributed by atoms with E-state index in [1.165, 1.54) is 79.0 Å². The van der Waals surface area contributed by atoms with Crippen LogP contribution in [0.5, 0.6) is 5.75 Å². The molecule has 0 N–H and O–H groups in total. The van der Waals surface area contributed by atoms with Crippen molar-refractivity contribution in [3.8, 4) is 5.75 Å². The van der Waals surface area contributed by atoms with E-state index in [0.29, 0.717) is 30.6 Å². The van der Waals surface area contributed by atoms with Gasteiger partial charge in [0.2, 0.25) is 0 Å². The number of piperidine rings is 3. The van der Waals surface area contributed by atoms with Gasteiger partial charge in [-0.1, -0.05) is 24.3 Å². The number of imidazole rings is 3. The van der Waals surface area contributed by atoms with E-state index in [0.717, 1.165) is 163 Å². The van der Waals surface area contributed by atoms with Crippen LogP contribution >= 0.6 is 0 Å². The number of likely N-dealkylation sites (tertiary alicyclic amines) is 3. The summed E-state index contributed by atoms with van der Waals surface area (Å²) in [6.45, 7) is 12.2. The zero-order chi connectivity index (χ0) is 68.7. The smallest absolute Gasteiger partial charge is 0.404 e. The number of piperazine rings is 3. The van der Waals surface area contributed by atoms with E-state index in [1.807, 2.05) is 49.5 Å². The van der Waals surface area contributed by atoms with Gasteiger partial charge in [0, 0.05) is 116 Å². The average molecular weight is 1360 g/mol. The van der Waals surface area contributed by atoms with E-state index in [1.54, 1.807) is 0 Å². The van der Waals surface area contributed by atoms with Crippen molar-refractivity contribution in [3.05, 3.63) is 173 Å². The fourth-order valence-electron chi connectivity index (χ4n) is 16.1. The molecule has 0 amide bonds. The molecular weight excluding hydrogens is 1270 g/mol. The second kappa shape index (κ2) is 29.0. The first-order valence-corrected chi connectivity index (χ1v) is 35.4. The molecule has 99 heavy (non-hydrogen) atoms. The SMILES string of the molecule is CN1CCN(c2cccc3nc(C4CCCC(c5ncccc5C(F)(F)F)N4C)cn23)CC1.CN1CCN(c2cccc3nc(C4CCCC(c5ncccc5C5CC5)N4C)cn23)CC1.CN1CCN(c2cccc3nc(C4CCCC(c5ncccc5OC(F)(F)F)N4C)cn23)CC1. The lowest BCUT2D eigenvalue weighted by atomic mass is 9.90. The number of rotatable bonds is 11. The zero-order valence-electron chi connectivity index (χ0n) is 57.7. The van der Waals surface area contributed by atoms with Crippen LogP contribution in [0.1, 0.15) is 158 Å². The van der Waals surface area contributed by atoms with Gasteiger partial charge in [-0.05, 0) is 191 Å². The van der Waals surface area contributed by atoms with Gasteiger partial charge in [-0.15, -0.1) is 13.2 Å². The quantitative estimate of drug-likeness (QED) is 0.114. The summed E-state index contributed by atoms with van der Waals surface area (Å²) in [5.41, 5.74) is 8.39. The summed E-state index contributed by atoms with van der Waals surface area (Å²) >= 11 is 0. The summed E-state index contributed by atoms with van der Waals surface area (Å²) in [4.78, 5) is 49.2. The third-order valence-corrected chi connectivity index (χ3v) is 21.8. The fraction of sp³-hybridized carbons (Fsp3) is 0.514. The highest BCUT2D eigenvalue weighted by atomic mass is 19.4. The standard InChI is InChI=1S/C26H34N6.C24H29F3N6O.C24H29F3N6/c1-29-14-16-31(17-15-29)25-10-4-9-24-28-21(18-32(24)25)22-7-3-8-23(30(22)2)26-20(19-11-12-19)6-5-13-27-26;1-30-12-14-32(15-13-30)22-10-4-9-21-29-17(16-33(21)22)18-6-3-7-19(31(18)2)23-20(8-5-11-28-23)34-24(25,26)27;1-30-12-14-32(15-13-30)22-10-4-9-21-29-18(16-33(21)22)19-7-3-8-20(31(19)2)23-17(24(25,26)27)6-5-11-28-23/h4-6,9-10,13,18-19,22-23H,3,7-8,11-12,14-17H2,1-2H3;4-5,8-11,16,18-19H,3,6-7,12-15H2,1-2H3;4-6,9-11,16,19-20H,3,7-8,12-15H2,1-2H3. The molecule has 7 aliphatic rings. The number of hydrogen-bond acceptors (Lipinski definition) is 16. The molecule has 0 aromatic carbocycles. The van der Waals surface area contributed by atoms with Gasteiger partial charge in [0.25, 0.3) is 0 Å².